The molecule has 8 nitrogen and oxygen atoms in total. The summed E-state index contributed by atoms with van der Waals surface area (Å²) in [6.45, 7) is -0.0167. The number of hydrogen-bond donors (Lipinski definition) is 4. The molecule has 1 aliphatic rings. The van der Waals surface area contributed by atoms with Gasteiger partial charge in [0.15, 0.2) is 0 Å². The first-order valence-corrected chi connectivity index (χ1v) is 6.25. The van der Waals surface area contributed by atoms with E-state index >= 15 is 0 Å². The van der Waals surface area contributed by atoms with Gasteiger partial charge in [0.1, 0.15) is 5.75 Å². The van der Waals surface area contributed by atoms with E-state index in [0.29, 0.717) is 5.75 Å². The summed E-state index contributed by atoms with van der Waals surface area (Å²) in [4.78, 5) is 24.4. The lowest BCUT2D eigenvalue weighted by atomic mass is 10.1. The summed E-state index contributed by atoms with van der Waals surface area (Å²) >= 11 is 0. The summed E-state index contributed by atoms with van der Waals surface area (Å²) < 4.78 is 4.94. The lowest BCUT2D eigenvalue weighted by molar-refractivity contribution is 0.0572. The van der Waals surface area contributed by atoms with E-state index in [1.165, 1.54) is 30.2 Å². The van der Waals surface area contributed by atoms with Crippen molar-refractivity contribution < 1.29 is 29.6 Å². The zero-order valence-electron chi connectivity index (χ0n) is 11.3. The number of aromatic carboxylic acids is 1. The number of likely N-dealkylation sites (tertiary alicyclic amines) is 1. The van der Waals surface area contributed by atoms with Gasteiger partial charge in [-0.2, -0.15) is 0 Å². The maximum atomic E-state index is 12.0. The van der Waals surface area contributed by atoms with Gasteiger partial charge in [0.25, 0.3) is 0 Å². The average molecular weight is 296 g/mol. The van der Waals surface area contributed by atoms with Crippen LogP contribution in [0.1, 0.15) is 10.4 Å². The molecule has 1 heterocycles. The van der Waals surface area contributed by atoms with Crippen molar-refractivity contribution in [3.63, 3.8) is 0 Å². The lowest BCUT2D eigenvalue weighted by Gasteiger charge is -2.17. The number of β-amino-alcohol motifs (C(OH)–C–C–N with tert-alkyl or cyclic N) is 2. The van der Waals surface area contributed by atoms with E-state index in [2.05, 4.69) is 5.32 Å². The van der Waals surface area contributed by atoms with E-state index in [0.717, 1.165) is 0 Å². The number of carbonyl (C=O) groups is 2. The fourth-order valence-electron chi connectivity index (χ4n) is 2.07. The molecule has 114 valence electrons. The number of urea groups is 1. The number of carbonyl (C=O) groups excluding carboxylic acids is 1. The monoisotopic (exact) mass is 296 g/mol. The molecule has 8 heteroatoms. The molecule has 0 bridgehead atoms. The highest BCUT2D eigenvalue weighted by Gasteiger charge is 2.32. The fraction of sp³-hybridized carbons (Fsp3) is 0.385. The Labute approximate surface area is 120 Å². The Morgan fingerprint density at radius 2 is 1.90 bits per heavy atom. The van der Waals surface area contributed by atoms with Gasteiger partial charge in [-0.3, -0.25) is 0 Å². The number of methoxy groups -OCH3 is 1. The Bertz CT molecular complexity index is 552. The number of rotatable bonds is 3. The van der Waals surface area contributed by atoms with E-state index in [4.69, 9.17) is 9.84 Å². The molecular weight excluding hydrogens is 280 g/mol. The van der Waals surface area contributed by atoms with Crippen LogP contribution in [-0.2, 0) is 0 Å². The highest BCUT2D eigenvalue weighted by Crippen LogP contribution is 2.23. The second-order valence-electron chi connectivity index (χ2n) is 4.69. The number of nitrogens with zero attached hydrogens (tertiary/aromatic N) is 1. The molecule has 0 saturated carbocycles. The number of benzene rings is 1. The van der Waals surface area contributed by atoms with E-state index in [-0.39, 0.29) is 24.3 Å². The summed E-state index contributed by atoms with van der Waals surface area (Å²) in [6, 6.07) is 3.66. The number of hydrogen-bond acceptors (Lipinski definition) is 5. The van der Waals surface area contributed by atoms with Crippen LogP contribution in [-0.4, -0.2) is 64.6 Å². The number of carboxylic acid groups (broad SMARTS) is 1. The maximum absolute atomic E-state index is 12.0. The first-order chi connectivity index (χ1) is 9.92. The third-order valence-electron chi connectivity index (χ3n) is 3.25. The van der Waals surface area contributed by atoms with E-state index in [1.807, 2.05) is 0 Å². The molecule has 0 radical (unpaired) electrons. The lowest BCUT2D eigenvalue weighted by Crippen LogP contribution is -2.34. The number of anilines is 1. The molecule has 1 aromatic carbocycles. The second-order valence-corrected chi connectivity index (χ2v) is 4.69. The molecule has 1 saturated heterocycles. The Balaban J connectivity index is 2.16. The van der Waals surface area contributed by atoms with Gasteiger partial charge < -0.3 is 30.3 Å². The first-order valence-electron chi connectivity index (χ1n) is 6.25. The molecule has 0 aromatic heterocycles. The quantitative estimate of drug-likeness (QED) is 0.621. The number of ether oxygens (including phenoxy) is 1. The molecule has 0 aliphatic carbocycles. The van der Waals surface area contributed by atoms with Crippen LogP contribution < -0.4 is 10.1 Å². The van der Waals surface area contributed by atoms with Gasteiger partial charge in [0, 0.05) is 0 Å². The fourth-order valence-corrected chi connectivity index (χ4v) is 2.07. The van der Waals surface area contributed by atoms with E-state index in [9.17, 15) is 19.8 Å². The van der Waals surface area contributed by atoms with Crippen molar-refractivity contribution in [1.29, 1.82) is 0 Å². The van der Waals surface area contributed by atoms with Crippen LogP contribution in [0.4, 0.5) is 10.5 Å². The Morgan fingerprint density at radius 1 is 1.29 bits per heavy atom. The molecule has 21 heavy (non-hydrogen) atoms. The van der Waals surface area contributed by atoms with E-state index < -0.39 is 24.2 Å². The van der Waals surface area contributed by atoms with Crippen LogP contribution in [0.5, 0.6) is 5.75 Å². The minimum atomic E-state index is -1.20. The van der Waals surface area contributed by atoms with Crippen molar-refractivity contribution in [3.8, 4) is 5.75 Å². The minimum Gasteiger partial charge on any atom is -0.497 e. The van der Waals surface area contributed by atoms with Crippen LogP contribution in [0.2, 0.25) is 0 Å². The summed E-state index contributed by atoms with van der Waals surface area (Å²) in [5.74, 6) is -0.844. The minimum absolute atomic E-state index is 0.00837. The van der Waals surface area contributed by atoms with Crippen molar-refractivity contribution in [3.05, 3.63) is 23.8 Å². The first kappa shape index (κ1) is 15.1. The van der Waals surface area contributed by atoms with Crippen molar-refractivity contribution >= 4 is 17.7 Å². The molecule has 2 amide bonds. The van der Waals surface area contributed by atoms with Gasteiger partial charge in [-0.15, -0.1) is 0 Å². The summed E-state index contributed by atoms with van der Waals surface area (Å²) in [5.41, 5.74) is 0.00664. The second kappa shape index (κ2) is 5.98. The van der Waals surface area contributed by atoms with Crippen LogP contribution in [0.25, 0.3) is 0 Å². The summed E-state index contributed by atoms with van der Waals surface area (Å²) in [5, 5.41) is 30.4. The number of nitrogens with one attached hydrogen (secondary N) is 1. The number of carboxylic acids is 1. The molecule has 2 rings (SSSR count). The molecule has 4 N–H and O–H groups in total. The normalized spacial score (nSPS) is 21.2. The predicted molar refractivity (Wildman–Crippen MR) is 72.6 cm³/mol. The zero-order valence-corrected chi connectivity index (χ0v) is 11.3. The van der Waals surface area contributed by atoms with Gasteiger partial charge in [-0.25, -0.2) is 9.59 Å². The molecule has 1 aromatic rings. The zero-order chi connectivity index (χ0) is 15.6. The van der Waals surface area contributed by atoms with Crippen LogP contribution in [0.3, 0.4) is 0 Å². The van der Waals surface area contributed by atoms with Gasteiger partial charge in [-0.05, 0) is 18.2 Å². The third-order valence-corrected chi connectivity index (χ3v) is 3.25. The van der Waals surface area contributed by atoms with Gasteiger partial charge in [0.05, 0.1) is 43.7 Å². The Kier molecular flexibility index (Phi) is 4.29. The standard InChI is InChI=1S/C13H16N2O6/c1-21-7-2-3-9(8(4-7)12(18)19)14-13(20)15-5-10(16)11(17)6-15/h2-4,10-11,16-17H,5-6H2,1H3,(H,14,20)(H,18,19). The van der Waals surface area contributed by atoms with E-state index in [1.54, 1.807) is 0 Å². The molecular formula is C13H16N2O6. The predicted octanol–water partition coefficient (Wildman–Crippen LogP) is -0.0373. The Hall–Kier alpha value is -2.32. The SMILES string of the molecule is COc1ccc(NC(=O)N2CC(O)C(O)C2)c(C(=O)O)c1. The van der Waals surface area contributed by atoms with Crippen LogP contribution in [0, 0.1) is 0 Å². The number of aliphatic hydroxyl groups is 2. The van der Waals surface area contributed by atoms with Gasteiger partial charge in [-0.1, -0.05) is 0 Å². The summed E-state index contributed by atoms with van der Waals surface area (Å²) in [7, 11) is 1.41. The third kappa shape index (κ3) is 3.23. The Morgan fingerprint density at radius 3 is 2.43 bits per heavy atom. The molecule has 2 unspecified atom stereocenters. The molecule has 0 spiro atoms. The van der Waals surface area contributed by atoms with Crippen molar-refractivity contribution in [2.45, 2.75) is 12.2 Å². The molecule has 1 fully saturated rings. The van der Waals surface area contributed by atoms with Crippen molar-refractivity contribution in [2.24, 2.45) is 0 Å². The van der Waals surface area contributed by atoms with Crippen molar-refractivity contribution in [1.82, 2.24) is 4.90 Å². The van der Waals surface area contributed by atoms with Gasteiger partial charge in [0.2, 0.25) is 0 Å². The maximum Gasteiger partial charge on any atom is 0.337 e. The highest BCUT2D eigenvalue weighted by molar-refractivity contribution is 6.00. The van der Waals surface area contributed by atoms with Crippen molar-refractivity contribution in [2.75, 3.05) is 25.5 Å². The topological polar surface area (TPSA) is 119 Å². The smallest absolute Gasteiger partial charge is 0.337 e. The van der Waals surface area contributed by atoms with Crippen LogP contribution >= 0.6 is 0 Å². The molecule has 2 atom stereocenters. The van der Waals surface area contributed by atoms with Crippen LogP contribution in [0.15, 0.2) is 18.2 Å². The average Bonchev–Trinajstić information content (AvgIpc) is 2.79. The highest BCUT2D eigenvalue weighted by atomic mass is 16.5. The number of amides is 2. The number of aliphatic hydroxyl groups excluding tert-OH is 2. The molecule has 1 aliphatic heterocycles. The summed E-state index contributed by atoms with van der Waals surface area (Å²) in [6.07, 6.45) is -1.99. The van der Waals surface area contributed by atoms with Gasteiger partial charge >= 0.3 is 12.0 Å². The largest absolute Gasteiger partial charge is 0.497 e.